The van der Waals surface area contributed by atoms with Gasteiger partial charge in [-0.25, -0.2) is 4.98 Å². The minimum absolute atomic E-state index is 0.353. The van der Waals surface area contributed by atoms with Crippen LogP contribution in [-0.2, 0) is 4.74 Å². The molecule has 4 heteroatoms. The molecule has 0 aliphatic carbocycles. The molecule has 1 fully saturated rings. The van der Waals surface area contributed by atoms with Gasteiger partial charge in [-0.1, -0.05) is 0 Å². The van der Waals surface area contributed by atoms with Crippen LogP contribution in [0.2, 0.25) is 0 Å². The molecule has 0 spiro atoms. The van der Waals surface area contributed by atoms with E-state index in [1.54, 1.807) is 6.20 Å². The molecular weight excluding hydrogens is 178 g/mol. The van der Waals surface area contributed by atoms with Crippen molar-refractivity contribution in [3.63, 3.8) is 0 Å². The number of nitrogens with zero attached hydrogens (tertiary/aromatic N) is 1. The SMILES string of the molecule is Cc1ccnc(NC2CCOC2)c1N. The molecule has 1 saturated heterocycles. The number of aromatic nitrogens is 1. The maximum atomic E-state index is 5.89. The molecule has 1 unspecified atom stereocenters. The lowest BCUT2D eigenvalue weighted by molar-refractivity contribution is 0.195. The van der Waals surface area contributed by atoms with E-state index in [9.17, 15) is 0 Å². The van der Waals surface area contributed by atoms with Crippen LogP contribution in [0, 0.1) is 6.92 Å². The van der Waals surface area contributed by atoms with Gasteiger partial charge in [-0.2, -0.15) is 0 Å². The fourth-order valence-electron chi connectivity index (χ4n) is 1.53. The number of aryl methyl sites for hydroxylation is 1. The van der Waals surface area contributed by atoms with Gasteiger partial charge in [0.25, 0.3) is 0 Å². The third kappa shape index (κ3) is 1.80. The van der Waals surface area contributed by atoms with Crippen LogP contribution in [0.3, 0.4) is 0 Å². The average molecular weight is 193 g/mol. The number of nitrogens with one attached hydrogen (secondary N) is 1. The number of nitrogen functional groups attached to an aromatic ring is 1. The van der Waals surface area contributed by atoms with Crippen LogP contribution < -0.4 is 11.1 Å². The van der Waals surface area contributed by atoms with Gasteiger partial charge in [0.1, 0.15) is 5.82 Å². The lowest BCUT2D eigenvalue weighted by Gasteiger charge is -2.13. The second kappa shape index (κ2) is 3.84. The number of anilines is 2. The summed E-state index contributed by atoms with van der Waals surface area (Å²) in [7, 11) is 0. The highest BCUT2D eigenvalue weighted by atomic mass is 16.5. The lowest BCUT2D eigenvalue weighted by atomic mass is 10.2. The molecule has 0 saturated carbocycles. The second-order valence-electron chi connectivity index (χ2n) is 3.59. The van der Waals surface area contributed by atoms with Crippen molar-refractivity contribution in [2.75, 3.05) is 24.3 Å². The first kappa shape index (κ1) is 9.27. The summed E-state index contributed by atoms with van der Waals surface area (Å²) in [4.78, 5) is 4.21. The van der Waals surface area contributed by atoms with Crippen molar-refractivity contribution in [1.29, 1.82) is 0 Å². The fraction of sp³-hybridized carbons (Fsp3) is 0.500. The zero-order valence-corrected chi connectivity index (χ0v) is 8.29. The van der Waals surface area contributed by atoms with E-state index in [1.807, 2.05) is 13.0 Å². The van der Waals surface area contributed by atoms with E-state index in [0.717, 1.165) is 36.7 Å². The van der Waals surface area contributed by atoms with E-state index in [1.165, 1.54) is 0 Å². The third-order valence-electron chi connectivity index (χ3n) is 2.48. The Kier molecular flexibility index (Phi) is 2.54. The summed E-state index contributed by atoms with van der Waals surface area (Å²) in [5.74, 6) is 0.778. The smallest absolute Gasteiger partial charge is 0.149 e. The summed E-state index contributed by atoms with van der Waals surface area (Å²) in [6, 6.07) is 2.26. The zero-order valence-electron chi connectivity index (χ0n) is 8.29. The minimum Gasteiger partial charge on any atom is -0.396 e. The van der Waals surface area contributed by atoms with Gasteiger partial charge >= 0.3 is 0 Å². The molecule has 3 N–H and O–H groups in total. The number of ether oxygens (including phenoxy) is 1. The molecule has 4 nitrogen and oxygen atoms in total. The molecule has 0 radical (unpaired) electrons. The Hall–Kier alpha value is -1.29. The molecule has 1 atom stereocenters. The Bertz CT molecular complexity index is 321. The normalized spacial score (nSPS) is 21.1. The molecule has 14 heavy (non-hydrogen) atoms. The summed E-state index contributed by atoms with van der Waals surface area (Å²) in [5.41, 5.74) is 7.69. The van der Waals surface area contributed by atoms with Crippen molar-refractivity contribution in [1.82, 2.24) is 4.98 Å². The highest BCUT2D eigenvalue weighted by Crippen LogP contribution is 2.21. The molecule has 76 valence electrons. The molecular formula is C10H15N3O. The van der Waals surface area contributed by atoms with Crippen molar-refractivity contribution in [2.24, 2.45) is 0 Å². The Morgan fingerprint density at radius 2 is 2.50 bits per heavy atom. The number of hydrogen-bond acceptors (Lipinski definition) is 4. The monoisotopic (exact) mass is 193 g/mol. The Balaban J connectivity index is 2.11. The predicted molar refractivity (Wildman–Crippen MR) is 56.2 cm³/mol. The van der Waals surface area contributed by atoms with Crippen LogP contribution in [0.25, 0.3) is 0 Å². The number of hydrogen-bond donors (Lipinski definition) is 2. The summed E-state index contributed by atoms with van der Waals surface area (Å²) in [6.07, 6.45) is 2.79. The number of pyridine rings is 1. The van der Waals surface area contributed by atoms with E-state index >= 15 is 0 Å². The Morgan fingerprint density at radius 1 is 1.64 bits per heavy atom. The molecule has 1 aliphatic heterocycles. The molecule has 0 amide bonds. The van der Waals surface area contributed by atoms with Gasteiger partial charge in [-0.3, -0.25) is 0 Å². The van der Waals surface area contributed by atoms with Crippen LogP contribution in [0.1, 0.15) is 12.0 Å². The topological polar surface area (TPSA) is 60.2 Å². The summed E-state index contributed by atoms with van der Waals surface area (Å²) < 4.78 is 5.27. The standard InChI is InChI=1S/C10H15N3O/c1-7-2-4-12-10(9(7)11)13-8-3-5-14-6-8/h2,4,8H,3,5-6,11H2,1H3,(H,12,13). The molecule has 2 heterocycles. The highest BCUT2D eigenvalue weighted by Gasteiger charge is 2.16. The van der Waals surface area contributed by atoms with Gasteiger partial charge in [-0.05, 0) is 25.0 Å². The molecule has 0 aromatic carbocycles. The summed E-state index contributed by atoms with van der Waals surface area (Å²) >= 11 is 0. The van der Waals surface area contributed by atoms with E-state index in [4.69, 9.17) is 10.5 Å². The molecule has 2 rings (SSSR count). The predicted octanol–water partition coefficient (Wildman–Crippen LogP) is 1.17. The molecule has 0 bridgehead atoms. The van der Waals surface area contributed by atoms with Gasteiger partial charge in [0.2, 0.25) is 0 Å². The zero-order chi connectivity index (χ0) is 9.97. The average Bonchev–Trinajstić information content (AvgIpc) is 2.66. The fourth-order valence-corrected chi connectivity index (χ4v) is 1.53. The first-order chi connectivity index (χ1) is 6.77. The quantitative estimate of drug-likeness (QED) is 0.740. The summed E-state index contributed by atoms with van der Waals surface area (Å²) in [5, 5.41) is 3.29. The molecule has 1 aliphatic rings. The van der Waals surface area contributed by atoms with Crippen molar-refractivity contribution in [2.45, 2.75) is 19.4 Å². The largest absolute Gasteiger partial charge is 0.396 e. The maximum absolute atomic E-state index is 5.89. The van der Waals surface area contributed by atoms with Gasteiger partial charge in [0.05, 0.1) is 18.3 Å². The number of nitrogens with two attached hydrogens (primary N) is 1. The van der Waals surface area contributed by atoms with E-state index < -0.39 is 0 Å². The van der Waals surface area contributed by atoms with Gasteiger partial charge in [0.15, 0.2) is 0 Å². The first-order valence-corrected chi connectivity index (χ1v) is 4.83. The van der Waals surface area contributed by atoms with Crippen molar-refractivity contribution >= 4 is 11.5 Å². The minimum atomic E-state index is 0.353. The molecule has 1 aromatic heterocycles. The van der Waals surface area contributed by atoms with Crippen molar-refractivity contribution in [3.8, 4) is 0 Å². The van der Waals surface area contributed by atoms with E-state index in [0.29, 0.717) is 6.04 Å². The van der Waals surface area contributed by atoms with Gasteiger partial charge in [-0.15, -0.1) is 0 Å². The Labute approximate surface area is 83.5 Å². The van der Waals surface area contributed by atoms with Crippen molar-refractivity contribution in [3.05, 3.63) is 17.8 Å². The van der Waals surface area contributed by atoms with Gasteiger partial charge in [0, 0.05) is 12.8 Å². The highest BCUT2D eigenvalue weighted by molar-refractivity contribution is 5.65. The second-order valence-corrected chi connectivity index (χ2v) is 3.59. The third-order valence-corrected chi connectivity index (χ3v) is 2.48. The van der Waals surface area contributed by atoms with Crippen LogP contribution in [0.5, 0.6) is 0 Å². The van der Waals surface area contributed by atoms with Gasteiger partial charge < -0.3 is 15.8 Å². The first-order valence-electron chi connectivity index (χ1n) is 4.83. The van der Waals surface area contributed by atoms with E-state index in [-0.39, 0.29) is 0 Å². The summed E-state index contributed by atoms with van der Waals surface area (Å²) in [6.45, 7) is 3.55. The van der Waals surface area contributed by atoms with Crippen LogP contribution in [0.4, 0.5) is 11.5 Å². The lowest BCUT2D eigenvalue weighted by Crippen LogP contribution is -2.20. The number of rotatable bonds is 2. The van der Waals surface area contributed by atoms with Crippen LogP contribution in [-0.4, -0.2) is 24.2 Å². The Morgan fingerprint density at radius 3 is 3.21 bits per heavy atom. The van der Waals surface area contributed by atoms with Crippen LogP contribution in [0.15, 0.2) is 12.3 Å². The van der Waals surface area contributed by atoms with Crippen molar-refractivity contribution < 1.29 is 4.74 Å². The van der Waals surface area contributed by atoms with Crippen LogP contribution >= 0.6 is 0 Å². The molecule has 1 aromatic rings. The van der Waals surface area contributed by atoms with E-state index in [2.05, 4.69) is 10.3 Å². The maximum Gasteiger partial charge on any atom is 0.149 e.